The largest absolute Gasteiger partial charge is 0.252 e. The smallest absolute Gasteiger partial charge is 0.206 e. The molecule has 0 bridgehead atoms. The molecule has 0 N–H and O–H groups in total. The van der Waals surface area contributed by atoms with Crippen molar-refractivity contribution in [1.82, 2.24) is 4.31 Å². The van der Waals surface area contributed by atoms with E-state index in [-0.39, 0.29) is 0 Å². The lowest BCUT2D eigenvalue weighted by Crippen LogP contribution is -2.21. The maximum Gasteiger partial charge on any atom is 0.252 e. The van der Waals surface area contributed by atoms with Crippen LogP contribution in [0.4, 0.5) is 0 Å². The van der Waals surface area contributed by atoms with Gasteiger partial charge in [-0.05, 0) is 34.5 Å². The molecule has 0 fully saturated rings. The number of thiophene rings is 1. The first kappa shape index (κ1) is 11.2. The Balaban J connectivity index is 3.24. The fourth-order valence-electron chi connectivity index (χ4n) is 0.739. The molecule has 1 aromatic heterocycles. The average Bonchev–Trinajstić information content (AvgIpc) is 2.32. The van der Waals surface area contributed by atoms with Gasteiger partial charge in [-0.1, -0.05) is 0 Å². The van der Waals surface area contributed by atoms with Gasteiger partial charge in [0, 0.05) is 14.1 Å². The molecular formula is C7H10BrNO2S2. The Kier molecular flexibility index (Phi) is 3.16. The molecule has 0 aliphatic carbocycles. The highest BCUT2D eigenvalue weighted by Gasteiger charge is 2.20. The molecule has 1 heterocycles. The van der Waals surface area contributed by atoms with Crippen LogP contribution in [-0.2, 0) is 10.0 Å². The molecule has 0 aromatic carbocycles. The number of hydrogen-bond donors (Lipinski definition) is 0. The van der Waals surface area contributed by atoms with Crippen LogP contribution < -0.4 is 0 Å². The van der Waals surface area contributed by atoms with Gasteiger partial charge in [0.1, 0.15) is 4.21 Å². The minimum atomic E-state index is -3.26. The van der Waals surface area contributed by atoms with E-state index in [2.05, 4.69) is 15.9 Å². The van der Waals surface area contributed by atoms with Crippen LogP contribution in [0.1, 0.15) is 5.56 Å². The van der Waals surface area contributed by atoms with Gasteiger partial charge < -0.3 is 0 Å². The summed E-state index contributed by atoms with van der Waals surface area (Å²) in [6.45, 7) is 1.87. The molecule has 0 saturated carbocycles. The standard InChI is InChI=1S/C7H10BrNO2S2/c1-5-4-6(12-7(5)8)13(10,11)9(2)3/h4H,1-3H3. The molecule has 0 atom stereocenters. The SMILES string of the molecule is Cc1cc(S(=O)(=O)N(C)C)sc1Br. The third-order valence-electron chi connectivity index (χ3n) is 1.57. The molecule has 0 amide bonds. The van der Waals surface area contributed by atoms with Crippen LogP contribution in [0.3, 0.4) is 0 Å². The van der Waals surface area contributed by atoms with Crippen LogP contribution in [0.2, 0.25) is 0 Å². The molecular weight excluding hydrogens is 274 g/mol. The second-order valence-electron chi connectivity index (χ2n) is 2.81. The third kappa shape index (κ3) is 2.12. The van der Waals surface area contributed by atoms with Crippen LogP contribution in [-0.4, -0.2) is 26.8 Å². The molecule has 0 radical (unpaired) electrons. The fourth-order valence-corrected chi connectivity index (χ4v) is 4.13. The van der Waals surface area contributed by atoms with E-state index in [1.807, 2.05) is 6.92 Å². The van der Waals surface area contributed by atoms with E-state index in [1.165, 1.54) is 29.7 Å². The van der Waals surface area contributed by atoms with Crippen LogP contribution in [0.15, 0.2) is 14.1 Å². The summed E-state index contributed by atoms with van der Waals surface area (Å²) in [7, 11) is -0.205. The lowest BCUT2D eigenvalue weighted by atomic mass is 10.4. The molecule has 13 heavy (non-hydrogen) atoms. The molecule has 6 heteroatoms. The fraction of sp³-hybridized carbons (Fsp3) is 0.429. The Morgan fingerprint density at radius 1 is 1.46 bits per heavy atom. The van der Waals surface area contributed by atoms with Crippen LogP contribution in [0, 0.1) is 6.92 Å². The van der Waals surface area contributed by atoms with Gasteiger partial charge in [0.25, 0.3) is 10.0 Å². The predicted octanol–water partition coefficient (Wildman–Crippen LogP) is 2.07. The molecule has 0 spiro atoms. The summed E-state index contributed by atoms with van der Waals surface area (Å²) in [6.07, 6.45) is 0. The average molecular weight is 284 g/mol. The molecule has 74 valence electrons. The number of nitrogens with zero attached hydrogens (tertiary/aromatic N) is 1. The van der Waals surface area contributed by atoms with Gasteiger partial charge in [-0.25, -0.2) is 12.7 Å². The summed E-state index contributed by atoms with van der Waals surface area (Å²) in [6, 6.07) is 1.67. The van der Waals surface area contributed by atoms with E-state index in [4.69, 9.17) is 0 Å². The van der Waals surface area contributed by atoms with E-state index >= 15 is 0 Å². The monoisotopic (exact) mass is 283 g/mol. The summed E-state index contributed by atoms with van der Waals surface area (Å²) in [5.74, 6) is 0. The molecule has 1 rings (SSSR count). The number of hydrogen-bond acceptors (Lipinski definition) is 3. The van der Waals surface area contributed by atoms with E-state index < -0.39 is 10.0 Å². The van der Waals surface area contributed by atoms with Crippen LogP contribution >= 0.6 is 27.3 Å². The van der Waals surface area contributed by atoms with Gasteiger partial charge in [0.2, 0.25) is 0 Å². The molecule has 0 unspecified atom stereocenters. The van der Waals surface area contributed by atoms with Crippen LogP contribution in [0.25, 0.3) is 0 Å². The van der Waals surface area contributed by atoms with Gasteiger partial charge >= 0.3 is 0 Å². The molecule has 0 aliphatic rings. The highest BCUT2D eigenvalue weighted by Crippen LogP contribution is 2.31. The van der Waals surface area contributed by atoms with E-state index in [0.717, 1.165) is 9.35 Å². The molecule has 3 nitrogen and oxygen atoms in total. The Morgan fingerprint density at radius 2 is 2.00 bits per heavy atom. The topological polar surface area (TPSA) is 37.4 Å². The number of halogens is 1. The van der Waals surface area contributed by atoms with Gasteiger partial charge in [-0.15, -0.1) is 11.3 Å². The summed E-state index contributed by atoms with van der Waals surface area (Å²) >= 11 is 4.53. The maximum absolute atomic E-state index is 11.6. The second kappa shape index (κ2) is 3.68. The van der Waals surface area contributed by atoms with E-state index in [0.29, 0.717) is 4.21 Å². The van der Waals surface area contributed by atoms with Gasteiger partial charge in [0.05, 0.1) is 3.79 Å². The van der Waals surface area contributed by atoms with Gasteiger partial charge in [0.15, 0.2) is 0 Å². The zero-order valence-electron chi connectivity index (χ0n) is 7.54. The first-order valence-electron chi connectivity index (χ1n) is 3.54. The minimum absolute atomic E-state index is 0.377. The minimum Gasteiger partial charge on any atom is -0.206 e. The lowest BCUT2D eigenvalue weighted by molar-refractivity contribution is 0.523. The van der Waals surface area contributed by atoms with Crippen molar-refractivity contribution in [1.29, 1.82) is 0 Å². The lowest BCUT2D eigenvalue weighted by Gasteiger charge is -2.07. The number of rotatable bonds is 2. The number of aryl methyl sites for hydroxylation is 1. The zero-order valence-corrected chi connectivity index (χ0v) is 10.8. The summed E-state index contributed by atoms with van der Waals surface area (Å²) < 4.78 is 25.7. The quantitative estimate of drug-likeness (QED) is 0.833. The normalized spacial score (nSPS) is 12.4. The summed E-state index contributed by atoms with van der Waals surface area (Å²) in [5.41, 5.74) is 0.949. The second-order valence-corrected chi connectivity index (χ2v) is 7.56. The Bertz CT molecular complexity index is 389. The van der Waals surface area contributed by atoms with Gasteiger partial charge in [-0.3, -0.25) is 0 Å². The third-order valence-corrected chi connectivity index (χ3v) is 5.97. The van der Waals surface area contributed by atoms with Crippen molar-refractivity contribution in [3.05, 3.63) is 15.4 Å². The molecule has 1 aromatic rings. The summed E-state index contributed by atoms with van der Waals surface area (Å²) in [5, 5.41) is 0. The highest BCUT2D eigenvalue weighted by molar-refractivity contribution is 9.11. The van der Waals surface area contributed by atoms with Gasteiger partial charge in [-0.2, -0.15) is 0 Å². The Hall–Kier alpha value is 0.0900. The highest BCUT2D eigenvalue weighted by atomic mass is 79.9. The number of sulfonamides is 1. The zero-order chi connectivity index (χ0) is 10.2. The van der Waals surface area contributed by atoms with Crippen molar-refractivity contribution >= 4 is 37.3 Å². The van der Waals surface area contributed by atoms with Crippen molar-refractivity contribution in [3.8, 4) is 0 Å². The Labute approximate surface area is 90.6 Å². The van der Waals surface area contributed by atoms with Crippen LogP contribution in [0.5, 0.6) is 0 Å². The van der Waals surface area contributed by atoms with Crippen molar-refractivity contribution < 1.29 is 8.42 Å². The van der Waals surface area contributed by atoms with Crippen molar-refractivity contribution in [3.63, 3.8) is 0 Å². The predicted molar refractivity (Wildman–Crippen MR) is 57.6 cm³/mol. The van der Waals surface area contributed by atoms with Crippen molar-refractivity contribution in [2.75, 3.05) is 14.1 Å². The first-order valence-corrected chi connectivity index (χ1v) is 6.59. The maximum atomic E-state index is 11.6. The summed E-state index contributed by atoms with van der Waals surface area (Å²) in [4.78, 5) is 0. The molecule has 0 aliphatic heterocycles. The van der Waals surface area contributed by atoms with Crippen molar-refractivity contribution in [2.45, 2.75) is 11.1 Å². The van der Waals surface area contributed by atoms with E-state index in [1.54, 1.807) is 6.07 Å². The van der Waals surface area contributed by atoms with Crippen molar-refractivity contribution in [2.24, 2.45) is 0 Å². The Morgan fingerprint density at radius 3 is 2.31 bits per heavy atom. The molecule has 0 saturated heterocycles. The first-order chi connectivity index (χ1) is 5.85. The van der Waals surface area contributed by atoms with E-state index in [9.17, 15) is 8.42 Å².